The van der Waals surface area contributed by atoms with Gasteiger partial charge in [0.15, 0.2) is 11.9 Å². The number of ether oxygens (including phenoxy) is 1. The predicted molar refractivity (Wildman–Crippen MR) is 91.8 cm³/mol. The van der Waals surface area contributed by atoms with E-state index in [1.807, 2.05) is 0 Å². The lowest BCUT2D eigenvalue weighted by molar-refractivity contribution is -0.151. The summed E-state index contributed by atoms with van der Waals surface area (Å²) in [6.07, 6.45) is 16.5. The van der Waals surface area contributed by atoms with E-state index in [1.165, 1.54) is 45.4 Å². The fraction of sp³-hybridized carbons (Fsp3) is 0.789. The van der Waals surface area contributed by atoms with Crippen LogP contribution in [-0.2, 0) is 14.3 Å². The highest BCUT2D eigenvalue weighted by Gasteiger charge is 2.14. The van der Waals surface area contributed by atoms with Crippen molar-refractivity contribution in [1.29, 1.82) is 0 Å². The second-order valence-corrected chi connectivity index (χ2v) is 5.99. The van der Waals surface area contributed by atoms with Crippen LogP contribution in [0.5, 0.6) is 0 Å². The molecule has 0 radical (unpaired) electrons. The Morgan fingerprint density at radius 1 is 0.909 bits per heavy atom. The van der Waals surface area contributed by atoms with E-state index in [0.29, 0.717) is 6.42 Å². The van der Waals surface area contributed by atoms with Crippen molar-refractivity contribution in [2.75, 3.05) is 0 Å². The van der Waals surface area contributed by atoms with Crippen LogP contribution >= 0.6 is 0 Å². The second-order valence-electron chi connectivity index (χ2n) is 5.99. The lowest BCUT2D eigenvalue weighted by Gasteiger charge is -2.10. The molecule has 0 aromatic heterocycles. The van der Waals surface area contributed by atoms with Gasteiger partial charge in [0.1, 0.15) is 0 Å². The molecule has 0 amide bonds. The van der Waals surface area contributed by atoms with Gasteiger partial charge in [0.05, 0.1) is 0 Å². The van der Waals surface area contributed by atoms with Gasteiger partial charge in [0.2, 0.25) is 0 Å². The maximum atomic E-state index is 11.7. The molecule has 128 valence electrons. The molecule has 0 fully saturated rings. The summed E-state index contributed by atoms with van der Waals surface area (Å²) in [7, 11) is 0. The summed E-state index contributed by atoms with van der Waals surface area (Å²) in [5, 5.41) is 0. The molecule has 0 aliphatic heterocycles. The smallest absolute Gasteiger partial charge is 0.303 e. The van der Waals surface area contributed by atoms with E-state index in [4.69, 9.17) is 4.74 Å². The number of hydrogen-bond donors (Lipinski definition) is 0. The van der Waals surface area contributed by atoms with E-state index >= 15 is 0 Å². The first-order valence-corrected chi connectivity index (χ1v) is 8.92. The maximum Gasteiger partial charge on any atom is 0.303 e. The standard InChI is InChI=1S/C19H34O3/c1-4-5-6-7-8-9-10-11-12-13-14-15-16-19(21)17(2)22-18(3)20/h9-10,17H,4-8,11-16H2,1-3H3. The molecule has 0 N–H and O–H groups in total. The van der Waals surface area contributed by atoms with Crippen molar-refractivity contribution in [2.24, 2.45) is 0 Å². The number of rotatable bonds is 14. The zero-order valence-corrected chi connectivity index (χ0v) is 14.7. The van der Waals surface area contributed by atoms with Gasteiger partial charge in [-0.15, -0.1) is 0 Å². The highest BCUT2D eigenvalue weighted by Crippen LogP contribution is 2.09. The van der Waals surface area contributed by atoms with E-state index in [2.05, 4.69) is 19.1 Å². The average molecular weight is 310 g/mol. The van der Waals surface area contributed by atoms with E-state index < -0.39 is 6.10 Å². The van der Waals surface area contributed by atoms with Crippen LogP contribution in [0.15, 0.2) is 12.2 Å². The molecule has 0 bridgehead atoms. The number of ketones is 1. The molecule has 1 atom stereocenters. The van der Waals surface area contributed by atoms with Crippen LogP contribution in [-0.4, -0.2) is 17.9 Å². The number of esters is 1. The van der Waals surface area contributed by atoms with Crippen LogP contribution in [0.2, 0.25) is 0 Å². The molecule has 0 rings (SSSR count). The number of allylic oxidation sites excluding steroid dienone is 2. The maximum absolute atomic E-state index is 11.7. The highest BCUT2D eigenvalue weighted by molar-refractivity contribution is 5.84. The van der Waals surface area contributed by atoms with Crippen molar-refractivity contribution >= 4 is 11.8 Å². The Hall–Kier alpha value is -1.12. The van der Waals surface area contributed by atoms with Crippen LogP contribution in [0.25, 0.3) is 0 Å². The van der Waals surface area contributed by atoms with E-state index in [-0.39, 0.29) is 11.8 Å². The molecule has 1 unspecified atom stereocenters. The number of carbonyl (C=O) groups is 2. The monoisotopic (exact) mass is 310 g/mol. The van der Waals surface area contributed by atoms with Gasteiger partial charge in [-0.1, -0.05) is 51.2 Å². The van der Waals surface area contributed by atoms with Crippen LogP contribution < -0.4 is 0 Å². The Kier molecular flexibility index (Phi) is 14.0. The molecule has 0 aliphatic carbocycles. The Labute approximate surface area is 136 Å². The zero-order chi connectivity index (χ0) is 16.6. The molecule has 0 saturated carbocycles. The molecule has 22 heavy (non-hydrogen) atoms. The lowest BCUT2D eigenvalue weighted by Crippen LogP contribution is -2.22. The summed E-state index contributed by atoms with van der Waals surface area (Å²) in [5.41, 5.74) is 0. The normalized spacial score (nSPS) is 12.5. The minimum atomic E-state index is -0.590. The third kappa shape index (κ3) is 13.8. The molecule has 3 heteroatoms. The van der Waals surface area contributed by atoms with Crippen molar-refractivity contribution in [2.45, 2.75) is 97.5 Å². The topological polar surface area (TPSA) is 43.4 Å². The summed E-state index contributed by atoms with van der Waals surface area (Å²) in [6.45, 7) is 5.22. The third-order valence-electron chi connectivity index (χ3n) is 3.73. The molecular formula is C19H34O3. The minimum absolute atomic E-state index is 0.0298. The Balaban J connectivity index is 3.37. The summed E-state index contributed by atoms with van der Waals surface area (Å²) in [4.78, 5) is 22.4. The van der Waals surface area contributed by atoms with Gasteiger partial charge in [0.25, 0.3) is 0 Å². The number of carbonyl (C=O) groups excluding carboxylic acids is 2. The number of Topliss-reactive ketones (excluding diaryl/α,β-unsaturated/α-hetero) is 1. The molecule has 0 spiro atoms. The average Bonchev–Trinajstić information content (AvgIpc) is 2.47. The largest absolute Gasteiger partial charge is 0.455 e. The number of unbranched alkanes of at least 4 members (excludes halogenated alkanes) is 8. The van der Waals surface area contributed by atoms with Gasteiger partial charge in [-0.25, -0.2) is 0 Å². The summed E-state index contributed by atoms with van der Waals surface area (Å²) in [5.74, 6) is -0.357. The highest BCUT2D eigenvalue weighted by atomic mass is 16.5. The van der Waals surface area contributed by atoms with Crippen molar-refractivity contribution in [3.63, 3.8) is 0 Å². The fourth-order valence-corrected chi connectivity index (χ4v) is 2.36. The van der Waals surface area contributed by atoms with Gasteiger partial charge in [-0.2, -0.15) is 0 Å². The van der Waals surface area contributed by atoms with Gasteiger partial charge in [-0.3, -0.25) is 9.59 Å². The molecule has 3 nitrogen and oxygen atoms in total. The van der Waals surface area contributed by atoms with E-state index in [0.717, 1.165) is 25.7 Å². The van der Waals surface area contributed by atoms with E-state index in [1.54, 1.807) is 6.92 Å². The summed E-state index contributed by atoms with van der Waals surface area (Å²) in [6, 6.07) is 0. The Bertz CT molecular complexity index is 321. The third-order valence-corrected chi connectivity index (χ3v) is 3.73. The Morgan fingerprint density at radius 3 is 2.00 bits per heavy atom. The van der Waals surface area contributed by atoms with Crippen molar-refractivity contribution in [3.8, 4) is 0 Å². The number of hydrogen-bond acceptors (Lipinski definition) is 3. The molecular weight excluding hydrogens is 276 g/mol. The first-order valence-electron chi connectivity index (χ1n) is 8.92. The zero-order valence-electron chi connectivity index (χ0n) is 14.7. The van der Waals surface area contributed by atoms with Crippen LogP contribution in [0.3, 0.4) is 0 Å². The lowest BCUT2D eigenvalue weighted by atomic mass is 10.1. The second kappa shape index (κ2) is 14.8. The van der Waals surface area contributed by atoms with Crippen molar-refractivity contribution in [3.05, 3.63) is 12.2 Å². The van der Waals surface area contributed by atoms with Crippen LogP contribution in [0, 0.1) is 0 Å². The van der Waals surface area contributed by atoms with Crippen LogP contribution in [0.4, 0.5) is 0 Å². The van der Waals surface area contributed by atoms with Gasteiger partial charge >= 0.3 is 5.97 Å². The summed E-state index contributed by atoms with van der Waals surface area (Å²) < 4.78 is 4.87. The predicted octanol–water partition coefficient (Wildman–Crippen LogP) is 5.37. The van der Waals surface area contributed by atoms with Crippen molar-refractivity contribution in [1.82, 2.24) is 0 Å². The quantitative estimate of drug-likeness (QED) is 0.246. The first-order chi connectivity index (χ1) is 10.6. The molecule has 0 saturated heterocycles. The van der Waals surface area contributed by atoms with Crippen LogP contribution in [0.1, 0.15) is 91.4 Å². The molecule has 0 aliphatic rings. The van der Waals surface area contributed by atoms with Gasteiger partial charge < -0.3 is 4.74 Å². The SMILES string of the molecule is CCCCCCC=CCCCCCCC(=O)C(C)OC(C)=O. The molecule has 0 heterocycles. The minimum Gasteiger partial charge on any atom is -0.455 e. The molecule has 0 aromatic rings. The van der Waals surface area contributed by atoms with E-state index in [9.17, 15) is 9.59 Å². The first kappa shape index (κ1) is 20.9. The van der Waals surface area contributed by atoms with Crippen molar-refractivity contribution < 1.29 is 14.3 Å². The van der Waals surface area contributed by atoms with Gasteiger partial charge in [0, 0.05) is 13.3 Å². The fourth-order valence-electron chi connectivity index (χ4n) is 2.36. The molecule has 0 aromatic carbocycles. The Morgan fingerprint density at radius 2 is 1.45 bits per heavy atom. The summed E-state index contributed by atoms with van der Waals surface area (Å²) >= 11 is 0. The van der Waals surface area contributed by atoms with Gasteiger partial charge in [-0.05, 0) is 39.0 Å².